The Morgan fingerprint density at radius 2 is 2.00 bits per heavy atom. The van der Waals surface area contributed by atoms with E-state index in [1.54, 1.807) is 0 Å². The van der Waals surface area contributed by atoms with Crippen molar-refractivity contribution in [3.63, 3.8) is 0 Å². The van der Waals surface area contributed by atoms with Crippen LogP contribution in [0.4, 0.5) is 0 Å². The summed E-state index contributed by atoms with van der Waals surface area (Å²) in [6, 6.07) is 6.58. The van der Waals surface area contributed by atoms with Gasteiger partial charge in [0.15, 0.2) is 0 Å². The quantitative estimate of drug-likeness (QED) is 0.796. The molecule has 3 heteroatoms. The van der Waals surface area contributed by atoms with Gasteiger partial charge >= 0.3 is 0 Å². The van der Waals surface area contributed by atoms with Crippen molar-refractivity contribution in [1.82, 2.24) is 9.78 Å². The molecule has 98 valence electrons. The molecule has 2 rings (SSSR count). The van der Waals surface area contributed by atoms with Gasteiger partial charge in [0, 0.05) is 11.4 Å². The molecule has 0 aliphatic carbocycles. The standard InChI is InChI=1S/C15H22N2O/c1-11(2)7-8-18-14-5-6-15-13(9-14)10-16-17(15)12(3)4/h5-6,9-12H,7-8H2,1-4H3. The van der Waals surface area contributed by atoms with E-state index in [2.05, 4.69) is 44.9 Å². The lowest BCUT2D eigenvalue weighted by molar-refractivity contribution is 0.290. The summed E-state index contributed by atoms with van der Waals surface area (Å²) < 4.78 is 7.79. The molecule has 0 saturated heterocycles. The van der Waals surface area contributed by atoms with Crippen LogP contribution in [-0.2, 0) is 0 Å². The van der Waals surface area contributed by atoms with Gasteiger partial charge in [-0.3, -0.25) is 4.68 Å². The van der Waals surface area contributed by atoms with E-state index in [1.807, 2.05) is 16.9 Å². The summed E-state index contributed by atoms with van der Waals surface area (Å²) in [6.45, 7) is 9.47. The van der Waals surface area contributed by atoms with E-state index in [0.717, 1.165) is 24.2 Å². The fourth-order valence-electron chi connectivity index (χ4n) is 1.95. The van der Waals surface area contributed by atoms with Crippen LogP contribution in [0.25, 0.3) is 10.9 Å². The lowest BCUT2D eigenvalue weighted by atomic mass is 10.1. The minimum atomic E-state index is 0.384. The average Bonchev–Trinajstić information content (AvgIpc) is 2.71. The van der Waals surface area contributed by atoms with Gasteiger partial charge in [-0.25, -0.2) is 0 Å². The number of aromatic nitrogens is 2. The van der Waals surface area contributed by atoms with Crippen LogP contribution >= 0.6 is 0 Å². The van der Waals surface area contributed by atoms with Gasteiger partial charge in [0.05, 0.1) is 18.3 Å². The second kappa shape index (κ2) is 5.42. The number of rotatable bonds is 5. The molecule has 2 aromatic rings. The summed E-state index contributed by atoms with van der Waals surface area (Å²) in [5.41, 5.74) is 1.17. The van der Waals surface area contributed by atoms with Gasteiger partial charge in [-0.1, -0.05) is 13.8 Å². The Hall–Kier alpha value is -1.51. The van der Waals surface area contributed by atoms with E-state index in [0.29, 0.717) is 12.0 Å². The topological polar surface area (TPSA) is 27.1 Å². The molecule has 0 aliphatic rings. The molecule has 3 nitrogen and oxygen atoms in total. The minimum absolute atomic E-state index is 0.384. The monoisotopic (exact) mass is 246 g/mol. The van der Waals surface area contributed by atoms with E-state index < -0.39 is 0 Å². The van der Waals surface area contributed by atoms with Crippen molar-refractivity contribution >= 4 is 10.9 Å². The molecule has 0 spiro atoms. The van der Waals surface area contributed by atoms with Crippen molar-refractivity contribution in [3.05, 3.63) is 24.4 Å². The Kier molecular flexibility index (Phi) is 3.90. The minimum Gasteiger partial charge on any atom is -0.494 e. The highest BCUT2D eigenvalue weighted by Crippen LogP contribution is 2.23. The fraction of sp³-hybridized carbons (Fsp3) is 0.533. The van der Waals surface area contributed by atoms with Crippen LogP contribution in [0, 0.1) is 5.92 Å². The highest BCUT2D eigenvalue weighted by Gasteiger charge is 2.06. The van der Waals surface area contributed by atoms with Gasteiger partial charge in [0.1, 0.15) is 5.75 Å². The van der Waals surface area contributed by atoms with E-state index in [1.165, 1.54) is 5.52 Å². The van der Waals surface area contributed by atoms with Crippen molar-refractivity contribution < 1.29 is 4.74 Å². The Bertz CT molecular complexity index is 514. The van der Waals surface area contributed by atoms with Gasteiger partial charge < -0.3 is 4.74 Å². The third kappa shape index (κ3) is 2.84. The Morgan fingerprint density at radius 1 is 1.22 bits per heavy atom. The highest BCUT2D eigenvalue weighted by atomic mass is 16.5. The molecule has 18 heavy (non-hydrogen) atoms. The normalized spacial score (nSPS) is 11.7. The first-order chi connectivity index (χ1) is 8.58. The third-order valence-electron chi connectivity index (χ3n) is 3.02. The summed E-state index contributed by atoms with van der Waals surface area (Å²) in [7, 11) is 0. The van der Waals surface area contributed by atoms with Gasteiger partial charge in [0.25, 0.3) is 0 Å². The average molecular weight is 246 g/mol. The molecular weight excluding hydrogens is 224 g/mol. The van der Waals surface area contributed by atoms with Crippen molar-refractivity contribution in [2.75, 3.05) is 6.61 Å². The summed E-state index contributed by atoms with van der Waals surface area (Å²) >= 11 is 0. The van der Waals surface area contributed by atoms with E-state index in [9.17, 15) is 0 Å². The molecule has 0 saturated carbocycles. The van der Waals surface area contributed by atoms with Crippen LogP contribution in [0.5, 0.6) is 5.75 Å². The number of benzene rings is 1. The Balaban J connectivity index is 2.13. The lowest BCUT2D eigenvalue weighted by Crippen LogP contribution is -2.02. The summed E-state index contributed by atoms with van der Waals surface area (Å²) in [5, 5.41) is 5.55. The highest BCUT2D eigenvalue weighted by molar-refractivity contribution is 5.80. The molecule has 1 heterocycles. The zero-order chi connectivity index (χ0) is 13.1. The third-order valence-corrected chi connectivity index (χ3v) is 3.02. The van der Waals surface area contributed by atoms with E-state index in [-0.39, 0.29) is 0 Å². The van der Waals surface area contributed by atoms with Crippen LogP contribution in [0.3, 0.4) is 0 Å². The Morgan fingerprint density at radius 3 is 2.67 bits per heavy atom. The first-order valence-electron chi connectivity index (χ1n) is 6.68. The number of hydrogen-bond acceptors (Lipinski definition) is 2. The maximum absolute atomic E-state index is 5.76. The number of ether oxygens (including phenoxy) is 1. The van der Waals surface area contributed by atoms with Gasteiger partial charge in [-0.15, -0.1) is 0 Å². The van der Waals surface area contributed by atoms with Gasteiger partial charge in [0.2, 0.25) is 0 Å². The second-order valence-electron chi connectivity index (χ2n) is 5.43. The van der Waals surface area contributed by atoms with Crippen LogP contribution in [0.1, 0.15) is 40.2 Å². The molecule has 0 amide bonds. The van der Waals surface area contributed by atoms with Gasteiger partial charge in [-0.2, -0.15) is 5.10 Å². The maximum atomic E-state index is 5.76. The zero-order valence-corrected chi connectivity index (χ0v) is 11.7. The van der Waals surface area contributed by atoms with Crippen LogP contribution < -0.4 is 4.74 Å². The van der Waals surface area contributed by atoms with Crippen LogP contribution in [-0.4, -0.2) is 16.4 Å². The van der Waals surface area contributed by atoms with Crippen molar-refractivity contribution in [3.8, 4) is 5.75 Å². The molecule has 1 aromatic heterocycles. The van der Waals surface area contributed by atoms with Crippen LogP contribution in [0.15, 0.2) is 24.4 Å². The molecule has 0 fully saturated rings. The predicted molar refractivity (Wildman–Crippen MR) is 75.1 cm³/mol. The predicted octanol–water partition coefficient (Wildman–Crippen LogP) is 4.04. The number of fused-ring (bicyclic) bond motifs is 1. The van der Waals surface area contributed by atoms with Crippen molar-refractivity contribution in [1.29, 1.82) is 0 Å². The maximum Gasteiger partial charge on any atom is 0.120 e. The molecule has 0 bridgehead atoms. The number of hydrogen-bond donors (Lipinski definition) is 0. The smallest absolute Gasteiger partial charge is 0.120 e. The van der Waals surface area contributed by atoms with E-state index >= 15 is 0 Å². The van der Waals surface area contributed by atoms with Crippen LogP contribution in [0.2, 0.25) is 0 Å². The summed E-state index contributed by atoms with van der Waals surface area (Å²) in [6.07, 6.45) is 2.99. The molecule has 0 aliphatic heterocycles. The van der Waals surface area contributed by atoms with Gasteiger partial charge in [-0.05, 0) is 44.4 Å². The largest absolute Gasteiger partial charge is 0.494 e. The fourth-order valence-corrected chi connectivity index (χ4v) is 1.95. The molecule has 0 unspecified atom stereocenters. The first-order valence-corrected chi connectivity index (χ1v) is 6.68. The van der Waals surface area contributed by atoms with E-state index in [4.69, 9.17) is 4.74 Å². The lowest BCUT2D eigenvalue weighted by Gasteiger charge is -2.09. The molecule has 0 N–H and O–H groups in total. The first kappa shape index (κ1) is 12.9. The molecule has 0 atom stereocenters. The second-order valence-corrected chi connectivity index (χ2v) is 5.43. The van der Waals surface area contributed by atoms with Crippen molar-refractivity contribution in [2.45, 2.75) is 40.2 Å². The SMILES string of the molecule is CC(C)CCOc1ccc2c(cnn2C(C)C)c1. The molecular formula is C15H22N2O. The summed E-state index contributed by atoms with van der Waals surface area (Å²) in [4.78, 5) is 0. The van der Waals surface area contributed by atoms with Crippen molar-refractivity contribution in [2.24, 2.45) is 5.92 Å². The zero-order valence-electron chi connectivity index (χ0n) is 11.7. The molecule has 1 aromatic carbocycles. The number of nitrogens with zero attached hydrogens (tertiary/aromatic N) is 2. The summed E-state index contributed by atoms with van der Waals surface area (Å²) in [5.74, 6) is 1.61. The Labute approximate surface area is 109 Å². The molecule has 0 radical (unpaired) electrons.